The molecular formula is C11H10ClNO2. The number of carbonyl (C=O) groups is 1. The molecule has 0 fully saturated rings. The Balaban J connectivity index is 2.93. The van der Waals surface area contributed by atoms with Crippen molar-refractivity contribution in [3.8, 4) is 6.07 Å². The van der Waals surface area contributed by atoms with Gasteiger partial charge < -0.3 is 4.74 Å². The highest BCUT2D eigenvalue weighted by Crippen LogP contribution is 2.24. The molecule has 15 heavy (non-hydrogen) atoms. The maximum absolute atomic E-state index is 11.2. The molecule has 1 unspecified atom stereocenters. The fraction of sp³-hybridized carbons (Fsp3) is 0.273. The zero-order valence-corrected chi connectivity index (χ0v) is 8.99. The summed E-state index contributed by atoms with van der Waals surface area (Å²) in [6.07, 6.45) is 0.214. The molecule has 0 spiro atoms. The van der Waals surface area contributed by atoms with Crippen LogP contribution in [0.15, 0.2) is 24.3 Å². The number of hydrogen-bond acceptors (Lipinski definition) is 3. The minimum Gasteiger partial charge on any atom is -0.465 e. The summed E-state index contributed by atoms with van der Waals surface area (Å²) in [4.78, 5) is 11.2. The molecule has 0 aromatic heterocycles. The minimum absolute atomic E-state index is 0.214. The summed E-state index contributed by atoms with van der Waals surface area (Å²) < 4.78 is 4.58. The Morgan fingerprint density at radius 3 is 3.00 bits per heavy atom. The Morgan fingerprint density at radius 2 is 2.40 bits per heavy atom. The van der Waals surface area contributed by atoms with Crippen LogP contribution in [0.1, 0.15) is 27.7 Å². The van der Waals surface area contributed by atoms with Gasteiger partial charge in [0.1, 0.15) is 0 Å². The predicted molar refractivity (Wildman–Crippen MR) is 56.6 cm³/mol. The van der Waals surface area contributed by atoms with E-state index in [0.717, 1.165) is 5.56 Å². The van der Waals surface area contributed by atoms with Crippen LogP contribution in [0.3, 0.4) is 0 Å². The summed E-state index contributed by atoms with van der Waals surface area (Å²) >= 11 is 5.95. The van der Waals surface area contributed by atoms with Gasteiger partial charge in [0.2, 0.25) is 0 Å². The number of alkyl halides is 1. The Bertz CT molecular complexity index is 398. The summed E-state index contributed by atoms with van der Waals surface area (Å²) in [5, 5.41) is 8.11. The van der Waals surface area contributed by atoms with Gasteiger partial charge in [0.25, 0.3) is 0 Å². The lowest BCUT2D eigenvalue weighted by atomic mass is 10.1. The zero-order valence-electron chi connectivity index (χ0n) is 8.24. The Hall–Kier alpha value is -1.53. The number of nitrogens with zero attached hydrogens (tertiary/aromatic N) is 1. The summed E-state index contributed by atoms with van der Waals surface area (Å²) in [6.45, 7) is 0. The number of hydrogen-bond donors (Lipinski definition) is 0. The molecule has 0 N–H and O–H groups in total. The average Bonchev–Trinajstić information content (AvgIpc) is 2.28. The summed E-state index contributed by atoms with van der Waals surface area (Å²) in [7, 11) is 1.32. The third-order valence-corrected chi connectivity index (χ3v) is 2.35. The minimum atomic E-state index is -0.405. The lowest BCUT2D eigenvalue weighted by Gasteiger charge is -2.06. The van der Waals surface area contributed by atoms with E-state index in [1.165, 1.54) is 7.11 Å². The molecule has 0 aliphatic heterocycles. The SMILES string of the molecule is COC(=O)c1cccc(C(Cl)CC#N)c1. The molecule has 0 aliphatic rings. The second kappa shape index (κ2) is 5.38. The Labute approximate surface area is 93.2 Å². The molecule has 0 aliphatic carbocycles. The number of esters is 1. The second-order valence-corrected chi connectivity index (χ2v) is 3.47. The number of nitriles is 1. The van der Waals surface area contributed by atoms with Crippen molar-refractivity contribution < 1.29 is 9.53 Å². The van der Waals surface area contributed by atoms with Crippen molar-refractivity contribution >= 4 is 17.6 Å². The average molecular weight is 224 g/mol. The molecule has 4 heteroatoms. The molecule has 1 atom stereocenters. The van der Waals surface area contributed by atoms with Crippen LogP contribution >= 0.6 is 11.6 Å². The van der Waals surface area contributed by atoms with Gasteiger partial charge in [0, 0.05) is 0 Å². The number of carbonyl (C=O) groups excluding carboxylic acids is 1. The van der Waals surface area contributed by atoms with Crippen LogP contribution in [0.25, 0.3) is 0 Å². The number of rotatable bonds is 3. The monoisotopic (exact) mass is 223 g/mol. The van der Waals surface area contributed by atoms with Crippen molar-refractivity contribution in [1.29, 1.82) is 5.26 Å². The molecule has 0 radical (unpaired) electrons. The fourth-order valence-electron chi connectivity index (χ4n) is 1.18. The maximum Gasteiger partial charge on any atom is 0.337 e. The van der Waals surface area contributed by atoms with E-state index < -0.39 is 5.97 Å². The third kappa shape index (κ3) is 2.97. The van der Waals surface area contributed by atoms with Gasteiger partial charge in [-0.25, -0.2) is 4.79 Å². The number of benzene rings is 1. The van der Waals surface area contributed by atoms with Crippen molar-refractivity contribution in [3.05, 3.63) is 35.4 Å². The molecule has 0 saturated heterocycles. The number of halogens is 1. The van der Waals surface area contributed by atoms with E-state index in [2.05, 4.69) is 4.74 Å². The first kappa shape index (κ1) is 11.5. The quantitative estimate of drug-likeness (QED) is 0.585. The van der Waals surface area contributed by atoms with Gasteiger partial charge in [-0.15, -0.1) is 11.6 Å². The molecule has 1 aromatic carbocycles. The highest BCUT2D eigenvalue weighted by molar-refractivity contribution is 6.21. The molecule has 3 nitrogen and oxygen atoms in total. The van der Waals surface area contributed by atoms with Gasteiger partial charge in [0.15, 0.2) is 0 Å². The Kier molecular flexibility index (Phi) is 4.14. The normalized spacial score (nSPS) is 11.5. The lowest BCUT2D eigenvalue weighted by Crippen LogP contribution is -2.02. The highest BCUT2D eigenvalue weighted by atomic mass is 35.5. The Morgan fingerprint density at radius 1 is 1.67 bits per heavy atom. The first-order chi connectivity index (χ1) is 7.19. The highest BCUT2D eigenvalue weighted by Gasteiger charge is 2.10. The van der Waals surface area contributed by atoms with E-state index in [1.807, 2.05) is 6.07 Å². The standard InChI is InChI=1S/C11H10ClNO2/c1-15-11(14)9-4-2-3-8(7-9)10(12)5-6-13/h2-4,7,10H,5H2,1H3. The van der Waals surface area contributed by atoms with Gasteiger partial charge in [-0.3, -0.25) is 0 Å². The van der Waals surface area contributed by atoms with E-state index >= 15 is 0 Å². The van der Waals surface area contributed by atoms with E-state index in [4.69, 9.17) is 16.9 Å². The molecule has 1 aromatic rings. The van der Waals surface area contributed by atoms with E-state index in [9.17, 15) is 4.79 Å². The molecular weight excluding hydrogens is 214 g/mol. The maximum atomic E-state index is 11.2. The smallest absolute Gasteiger partial charge is 0.337 e. The molecule has 78 valence electrons. The fourth-order valence-corrected chi connectivity index (χ4v) is 1.38. The zero-order chi connectivity index (χ0) is 11.3. The van der Waals surface area contributed by atoms with Crippen LogP contribution in [0.4, 0.5) is 0 Å². The summed E-state index contributed by atoms with van der Waals surface area (Å²) in [5.41, 5.74) is 1.19. The van der Waals surface area contributed by atoms with E-state index in [1.54, 1.807) is 24.3 Å². The van der Waals surface area contributed by atoms with Crippen molar-refractivity contribution in [2.24, 2.45) is 0 Å². The van der Waals surface area contributed by atoms with Crippen molar-refractivity contribution in [2.45, 2.75) is 11.8 Å². The molecule has 0 bridgehead atoms. The van der Waals surface area contributed by atoms with Gasteiger partial charge in [-0.05, 0) is 17.7 Å². The van der Waals surface area contributed by atoms with Gasteiger partial charge in [0.05, 0.1) is 30.5 Å². The molecule has 1 rings (SSSR count). The number of ether oxygens (including phenoxy) is 1. The van der Waals surface area contributed by atoms with Gasteiger partial charge >= 0.3 is 5.97 Å². The number of methoxy groups -OCH3 is 1. The van der Waals surface area contributed by atoms with Crippen LogP contribution in [0, 0.1) is 11.3 Å². The van der Waals surface area contributed by atoms with Crippen molar-refractivity contribution in [1.82, 2.24) is 0 Å². The van der Waals surface area contributed by atoms with E-state index in [0.29, 0.717) is 5.56 Å². The van der Waals surface area contributed by atoms with Crippen LogP contribution in [-0.4, -0.2) is 13.1 Å². The predicted octanol–water partition coefficient (Wildman–Crippen LogP) is 2.67. The van der Waals surface area contributed by atoms with E-state index in [-0.39, 0.29) is 11.8 Å². The summed E-state index contributed by atoms with van der Waals surface area (Å²) in [6, 6.07) is 8.76. The largest absolute Gasteiger partial charge is 0.465 e. The van der Waals surface area contributed by atoms with Gasteiger partial charge in [-0.2, -0.15) is 5.26 Å². The van der Waals surface area contributed by atoms with Crippen molar-refractivity contribution in [3.63, 3.8) is 0 Å². The third-order valence-electron chi connectivity index (χ3n) is 1.94. The first-order valence-electron chi connectivity index (χ1n) is 4.38. The van der Waals surface area contributed by atoms with Crippen LogP contribution in [-0.2, 0) is 4.74 Å². The lowest BCUT2D eigenvalue weighted by molar-refractivity contribution is 0.0600. The van der Waals surface area contributed by atoms with Crippen molar-refractivity contribution in [2.75, 3.05) is 7.11 Å². The molecule has 0 heterocycles. The van der Waals surface area contributed by atoms with Gasteiger partial charge in [-0.1, -0.05) is 12.1 Å². The van der Waals surface area contributed by atoms with Crippen LogP contribution in [0.5, 0.6) is 0 Å². The second-order valence-electron chi connectivity index (χ2n) is 2.95. The first-order valence-corrected chi connectivity index (χ1v) is 4.82. The van der Waals surface area contributed by atoms with Crippen LogP contribution < -0.4 is 0 Å². The topological polar surface area (TPSA) is 50.1 Å². The molecule has 0 amide bonds. The molecule has 0 saturated carbocycles. The summed E-state index contributed by atoms with van der Waals surface area (Å²) in [5.74, 6) is -0.405. The van der Waals surface area contributed by atoms with Crippen LogP contribution in [0.2, 0.25) is 0 Å².